The highest BCUT2D eigenvalue weighted by molar-refractivity contribution is 7.92. The third kappa shape index (κ3) is 7.83. The summed E-state index contributed by atoms with van der Waals surface area (Å²) in [6.07, 6.45) is 0.518. The van der Waals surface area contributed by atoms with E-state index in [-0.39, 0.29) is 17.3 Å². The summed E-state index contributed by atoms with van der Waals surface area (Å²) < 4.78 is 34.3. The molecule has 8 nitrogen and oxygen atoms in total. The van der Waals surface area contributed by atoms with Crippen LogP contribution in [-0.2, 0) is 26.0 Å². The number of carbonyl (C=O) groups is 2. The molecular weight excluding hydrogens is 514 g/mol. The molecule has 9 heteroatoms. The number of hydrogen-bond donors (Lipinski definition) is 1. The van der Waals surface area contributed by atoms with Crippen molar-refractivity contribution in [3.05, 3.63) is 90.0 Å². The second-order valence-electron chi connectivity index (χ2n) is 9.14. The highest BCUT2D eigenvalue weighted by atomic mass is 32.2. The van der Waals surface area contributed by atoms with Gasteiger partial charge >= 0.3 is 0 Å². The Kier molecular flexibility index (Phi) is 10.5. The van der Waals surface area contributed by atoms with Gasteiger partial charge in [-0.3, -0.25) is 13.9 Å². The van der Waals surface area contributed by atoms with Gasteiger partial charge in [0, 0.05) is 13.1 Å². The Hall–Kier alpha value is -3.85. The van der Waals surface area contributed by atoms with Crippen LogP contribution < -0.4 is 14.4 Å². The zero-order valence-corrected chi connectivity index (χ0v) is 23.8. The number of sulfonamides is 1. The highest BCUT2D eigenvalue weighted by Crippen LogP contribution is 2.26. The number of aryl methyl sites for hydroxylation is 1. The molecule has 0 aliphatic carbocycles. The Labute approximate surface area is 231 Å². The molecule has 0 saturated heterocycles. The van der Waals surface area contributed by atoms with Crippen molar-refractivity contribution in [1.29, 1.82) is 0 Å². The van der Waals surface area contributed by atoms with Crippen LogP contribution in [0.15, 0.2) is 83.8 Å². The van der Waals surface area contributed by atoms with Gasteiger partial charge < -0.3 is 15.0 Å². The van der Waals surface area contributed by atoms with Gasteiger partial charge in [-0.05, 0) is 76.1 Å². The molecule has 0 fully saturated rings. The van der Waals surface area contributed by atoms with E-state index in [0.717, 1.165) is 15.4 Å². The highest BCUT2D eigenvalue weighted by Gasteiger charge is 2.32. The number of carbonyl (C=O) groups excluding carboxylic acids is 2. The van der Waals surface area contributed by atoms with Gasteiger partial charge in [-0.1, -0.05) is 48.0 Å². The molecule has 0 saturated carbocycles. The number of rotatable bonds is 13. The first-order valence-corrected chi connectivity index (χ1v) is 14.5. The average molecular weight is 552 g/mol. The molecule has 2 amide bonds. The lowest BCUT2D eigenvalue weighted by Crippen LogP contribution is -2.52. The Balaban J connectivity index is 1.97. The van der Waals surface area contributed by atoms with Crippen LogP contribution in [0.3, 0.4) is 0 Å². The normalized spacial score (nSPS) is 11.9. The summed E-state index contributed by atoms with van der Waals surface area (Å²) in [6.45, 7) is 7.87. The lowest BCUT2D eigenvalue weighted by atomic mass is 10.1. The van der Waals surface area contributed by atoms with Crippen molar-refractivity contribution < 1.29 is 22.7 Å². The first-order chi connectivity index (χ1) is 18.7. The molecule has 0 radical (unpaired) electrons. The number of benzene rings is 3. The molecule has 0 spiro atoms. The standard InChI is InChI=1S/C30H37N3O5S/c1-5-31-30(35)24(4)32(21-20-25-10-8-7-9-11-25)29(34)22-33(26-14-16-27(17-15-26)38-6-2)39(36,37)28-18-12-23(3)13-19-28/h7-19,24H,5-6,20-22H2,1-4H3,(H,31,35). The van der Waals surface area contributed by atoms with Gasteiger partial charge in [0.25, 0.3) is 10.0 Å². The van der Waals surface area contributed by atoms with Crippen molar-refractivity contribution in [2.24, 2.45) is 0 Å². The predicted molar refractivity (Wildman–Crippen MR) is 153 cm³/mol. The summed E-state index contributed by atoms with van der Waals surface area (Å²) in [5.74, 6) is -0.184. The monoisotopic (exact) mass is 551 g/mol. The number of hydrogen-bond acceptors (Lipinski definition) is 5. The van der Waals surface area contributed by atoms with Crippen LogP contribution in [0, 0.1) is 6.92 Å². The van der Waals surface area contributed by atoms with Crippen LogP contribution >= 0.6 is 0 Å². The minimum atomic E-state index is -4.10. The fourth-order valence-electron chi connectivity index (χ4n) is 4.13. The molecule has 3 rings (SSSR count). The van der Waals surface area contributed by atoms with Gasteiger partial charge in [-0.25, -0.2) is 8.42 Å². The van der Waals surface area contributed by atoms with E-state index < -0.39 is 28.5 Å². The molecule has 0 heterocycles. The fourth-order valence-corrected chi connectivity index (χ4v) is 5.55. The van der Waals surface area contributed by atoms with Crippen LogP contribution in [0.25, 0.3) is 0 Å². The maximum absolute atomic E-state index is 13.8. The second kappa shape index (κ2) is 13.8. The molecule has 1 N–H and O–H groups in total. The van der Waals surface area contributed by atoms with Crippen molar-refractivity contribution in [3.63, 3.8) is 0 Å². The number of anilines is 1. The van der Waals surface area contributed by atoms with Gasteiger partial charge in [0.2, 0.25) is 11.8 Å². The molecule has 208 valence electrons. The first-order valence-electron chi connectivity index (χ1n) is 13.1. The van der Waals surface area contributed by atoms with Gasteiger partial charge in [-0.2, -0.15) is 0 Å². The molecular formula is C30H37N3O5S. The number of likely N-dealkylation sites (N-methyl/N-ethyl adjacent to an activating group) is 1. The molecule has 39 heavy (non-hydrogen) atoms. The minimum absolute atomic E-state index is 0.0717. The van der Waals surface area contributed by atoms with Gasteiger partial charge in [0.05, 0.1) is 17.2 Å². The number of amides is 2. The van der Waals surface area contributed by atoms with Crippen LogP contribution in [0.4, 0.5) is 5.69 Å². The SMILES string of the molecule is CCNC(=O)C(C)N(CCc1ccccc1)C(=O)CN(c1ccc(OCC)cc1)S(=O)(=O)c1ccc(C)cc1. The maximum atomic E-state index is 13.8. The van der Waals surface area contributed by atoms with E-state index in [2.05, 4.69) is 5.32 Å². The Morgan fingerprint density at radius 3 is 2.15 bits per heavy atom. The topological polar surface area (TPSA) is 96.0 Å². The summed E-state index contributed by atoms with van der Waals surface area (Å²) in [6, 6.07) is 21.9. The minimum Gasteiger partial charge on any atom is -0.494 e. The van der Waals surface area contributed by atoms with E-state index in [1.165, 1.54) is 17.0 Å². The third-order valence-electron chi connectivity index (χ3n) is 6.33. The van der Waals surface area contributed by atoms with Crippen molar-refractivity contribution in [1.82, 2.24) is 10.2 Å². The van der Waals surface area contributed by atoms with Crippen molar-refractivity contribution in [2.75, 3.05) is 30.5 Å². The van der Waals surface area contributed by atoms with Crippen LogP contribution in [0.5, 0.6) is 5.75 Å². The zero-order chi connectivity index (χ0) is 28.4. The van der Waals surface area contributed by atoms with Gasteiger partial charge in [-0.15, -0.1) is 0 Å². The lowest BCUT2D eigenvalue weighted by Gasteiger charge is -2.32. The maximum Gasteiger partial charge on any atom is 0.264 e. The van der Waals surface area contributed by atoms with E-state index in [9.17, 15) is 18.0 Å². The quantitative estimate of drug-likeness (QED) is 0.344. The number of ether oxygens (including phenoxy) is 1. The lowest BCUT2D eigenvalue weighted by molar-refractivity contribution is -0.138. The summed E-state index contributed by atoms with van der Waals surface area (Å²) in [4.78, 5) is 28.1. The molecule has 0 aliphatic heterocycles. The van der Waals surface area contributed by atoms with E-state index >= 15 is 0 Å². The van der Waals surface area contributed by atoms with E-state index in [0.29, 0.717) is 31.0 Å². The molecule has 3 aromatic carbocycles. The molecule has 1 unspecified atom stereocenters. The molecule has 0 aliphatic rings. The van der Waals surface area contributed by atoms with Gasteiger partial charge in [0.1, 0.15) is 18.3 Å². The summed E-state index contributed by atoms with van der Waals surface area (Å²) in [5.41, 5.74) is 2.25. The van der Waals surface area contributed by atoms with Crippen molar-refractivity contribution in [2.45, 2.75) is 45.1 Å². The fraction of sp³-hybridized carbons (Fsp3) is 0.333. The van der Waals surface area contributed by atoms with Crippen LogP contribution in [-0.4, -0.2) is 57.4 Å². The molecule has 0 bridgehead atoms. The third-order valence-corrected chi connectivity index (χ3v) is 8.11. The smallest absolute Gasteiger partial charge is 0.264 e. The van der Waals surface area contributed by atoms with Gasteiger partial charge in [0.15, 0.2) is 0 Å². The van der Waals surface area contributed by atoms with Crippen LogP contribution in [0.2, 0.25) is 0 Å². The Bertz CT molecular complexity index is 1330. The Morgan fingerprint density at radius 2 is 1.56 bits per heavy atom. The summed E-state index contributed by atoms with van der Waals surface area (Å²) >= 11 is 0. The largest absolute Gasteiger partial charge is 0.494 e. The molecule has 3 aromatic rings. The van der Waals surface area contributed by atoms with E-state index in [1.807, 2.05) is 51.1 Å². The van der Waals surface area contributed by atoms with Crippen LogP contribution in [0.1, 0.15) is 31.9 Å². The van der Waals surface area contributed by atoms with Crippen molar-refractivity contribution >= 4 is 27.5 Å². The Morgan fingerprint density at radius 1 is 0.923 bits per heavy atom. The molecule has 1 atom stereocenters. The second-order valence-corrected chi connectivity index (χ2v) is 11.0. The summed E-state index contributed by atoms with van der Waals surface area (Å²) in [7, 11) is -4.10. The van der Waals surface area contributed by atoms with E-state index in [1.54, 1.807) is 43.3 Å². The average Bonchev–Trinajstić information content (AvgIpc) is 2.93. The first kappa shape index (κ1) is 29.7. The van der Waals surface area contributed by atoms with Crippen molar-refractivity contribution in [3.8, 4) is 5.75 Å². The molecule has 0 aromatic heterocycles. The summed E-state index contributed by atoms with van der Waals surface area (Å²) in [5, 5.41) is 2.76. The number of nitrogens with zero attached hydrogens (tertiary/aromatic N) is 2. The van der Waals surface area contributed by atoms with E-state index in [4.69, 9.17) is 4.74 Å². The predicted octanol–water partition coefficient (Wildman–Crippen LogP) is 4.18. The number of nitrogens with one attached hydrogen (secondary N) is 1. The zero-order valence-electron chi connectivity index (χ0n) is 23.0.